The zero-order chi connectivity index (χ0) is 21.3. The van der Waals surface area contributed by atoms with Gasteiger partial charge in [-0.05, 0) is 63.1 Å². The van der Waals surface area contributed by atoms with Gasteiger partial charge in [-0.1, -0.05) is 29.8 Å². The number of benzene rings is 2. The van der Waals surface area contributed by atoms with Gasteiger partial charge in [0.25, 0.3) is 5.91 Å². The van der Waals surface area contributed by atoms with Crippen LogP contribution in [0.4, 0.5) is 10.1 Å². The topological polar surface area (TPSA) is 46.6 Å². The van der Waals surface area contributed by atoms with E-state index in [0.717, 1.165) is 5.56 Å². The number of esters is 1. The Labute approximate surface area is 175 Å². The minimum atomic E-state index is -1.18. The van der Waals surface area contributed by atoms with Crippen molar-refractivity contribution in [2.45, 2.75) is 51.8 Å². The van der Waals surface area contributed by atoms with Crippen molar-refractivity contribution in [3.63, 3.8) is 0 Å². The number of anilines is 1. The molecular formula is C23H25ClFNO3. The van der Waals surface area contributed by atoms with Crippen LogP contribution >= 0.6 is 11.6 Å². The van der Waals surface area contributed by atoms with Gasteiger partial charge in [-0.15, -0.1) is 0 Å². The van der Waals surface area contributed by atoms with E-state index in [9.17, 15) is 14.0 Å². The highest BCUT2D eigenvalue weighted by Gasteiger charge is 2.31. The Kier molecular flexibility index (Phi) is 5.99. The second kappa shape index (κ2) is 8.15. The van der Waals surface area contributed by atoms with Crippen molar-refractivity contribution < 1.29 is 18.7 Å². The number of alkyl halides is 1. The van der Waals surface area contributed by atoms with Crippen LogP contribution in [0, 0.1) is 0 Å². The fraction of sp³-hybridized carbons (Fsp3) is 0.391. The van der Waals surface area contributed by atoms with E-state index in [-0.39, 0.29) is 24.8 Å². The van der Waals surface area contributed by atoms with Crippen LogP contribution in [0.5, 0.6) is 0 Å². The van der Waals surface area contributed by atoms with Crippen LogP contribution in [0.3, 0.4) is 0 Å². The van der Waals surface area contributed by atoms with Crippen LogP contribution in [-0.2, 0) is 16.0 Å². The molecular weight excluding hydrogens is 393 g/mol. The molecule has 0 N–H and O–H groups in total. The molecule has 2 aromatic carbocycles. The first-order valence-electron chi connectivity index (χ1n) is 9.62. The van der Waals surface area contributed by atoms with Gasteiger partial charge in [0.05, 0.1) is 12.5 Å². The van der Waals surface area contributed by atoms with Gasteiger partial charge >= 0.3 is 5.97 Å². The van der Waals surface area contributed by atoms with Crippen LogP contribution in [0.1, 0.15) is 55.1 Å². The van der Waals surface area contributed by atoms with E-state index in [1.165, 1.54) is 4.90 Å². The molecule has 6 heteroatoms. The third-order valence-corrected chi connectivity index (χ3v) is 5.03. The summed E-state index contributed by atoms with van der Waals surface area (Å²) in [5, 5.41) is 0.450. The molecule has 1 heterocycles. The predicted octanol–water partition coefficient (Wildman–Crippen LogP) is 5.33. The standard InChI is InChI=1S/C23H25ClFNO3/c1-14(22(28)29-23(2,3)4)15-8-9-20-17(10-15)12-19(25)13-26(20)21(27)16-6-5-7-18(24)11-16/h5-11,14,19H,12-13H2,1-4H3. The van der Waals surface area contributed by atoms with Gasteiger partial charge in [0.15, 0.2) is 0 Å². The lowest BCUT2D eigenvalue weighted by Gasteiger charge is -2.32. The Morgan fingerprint density at radius 1 is 1.21 bits per heavy atom. The highest BCUT2D eigenvalue weighted by molar-refractivity contribution is 6.31. The van der Waals surface area contributed by atoms with E-state index in [0.29, 0.717) is 21.8 Å². The molecule has 3 rings (SSSR count). The third-order valence-electron chi connectivity index (χ3n) is 4.79. The quantitative estimate of drug-likeness (QED) is 0.634. The van der Waals surface area contributed by atoms with E-state index in [4.69, 9.17) is 16.3 Å². The minimum Gasteiger partial charge on any atom is -0.460 e. The summed E-state index contributed by atoms with van der Waals surface area (Å²) in [5.74, 6) is -1.13. The number of rotatable bonds is 3. The lowest BCUT2D eigenvalue weighted by molar-refractivity contribution is -0.156. The predicted molar refractivity (Wildman–Crippen MR) is 112 cm³/mol. The summed E-state index contributed by atoms with van der Waals surface area (Å²) in [6.45, 7) is 7.20. The summed E-state index contributed by atoms with van der Waals surface area (Å²) >= 11 is 6.00. The highest BCUT2D eigenvalue weighted by atomic mass is 35.5. The van der Waals surface area contributed by atoms with Gasteiger partial charge in [-0.2, -0.15) is 0 Å². The molecule has 0 bridgehead atoms. The third kappa shape index (κ3) is 4.96. The summed E-state index contributed by atoms with van der Waals surface area (Å²) in [6, 6.07) is 12.0. The van der Waals surface area contributed by atoms with Crippen molar-refractivity contribution in [2.75, 3.05) is 11.4 Å². The van der Waals surface area contributed by atoms with E-state index in [1.54, 1.807) is 49.4 Å². The van der Waals surface area contributed by atoms with Crippen LogP contribution in [0.2, 0.25) is 5.02 Å². The van der Waals surface area contributed by atoms with Gasteiger partial charge in [0.2, 0.25) is 0 Å². The van der Waals surface area contributed by atoms with Gasteiger partial charge in [0, 0.05) is 22.7 Å². The van der Waals surface area contributed by atoms with E-state index >= 15 is 0 Å². The van der Waals surface area contributed by atoms with E-state index in [1.807, 2.05) is 20.8 Å². The number of ether oxygens (including phenoxy) is 1. The maximum Gasteiger partial charge on any atom is 0.313 e. The van der Waals surface area contributed by atoms with Crippen LogP contribution < -0.4 is 4.90 Å². The molecule has 0 aliphatic carbocycles. The summed E-state index contributed by atoms with van der Waals surface area (Å²) in [7, 11) is 0. The number of hydrogen-bond donors (Lipinski definition) is 0. The van der Waals surface area contributed by atoms with Crippen LogP contribution in [0.15, 0.2) is 42.5 Å². The smallest absolute Gasteiger partial charge is 0.313 e. The molecule has 2 aromatic rings. The molecule has 0 aromatic heterocycles. The lowest BCUT2D eigenvalue weighted by atomic mass is 9.93. The summed E-state index contributed by atoms with van der Waals surface area (Å²) in [5.41, 5.74) is 1.92. The van der Waals surface area contributed by atoms with Crippen LogP contribution in [0.25, 0.3) is 0 Å². The Bertz CT molecular complexity index is 938. The highest BCUT2D eigenvalue weighted by Crippen LogP contribution is 2.33. The largest absolute Gasteiger partial charge is 0.460 e. The molecule has 4 nitrogen and oxygen atoms in total. The fourth-order valence-electron chi connectivity index (χ4n) is 3.40. The van der Waals surface area contributed by atoms with Crippen molar-refractivity contribution in [2.24, 2.45) is 0 Å². The molecule has 1 aliphatic heterocycles. The normalized spacial score (nSPS) is 17.4. The average molecular weight is 418 g/mol. The van der Waals surface area contributed by atoms with Crippen molar-refractivity contribution in [3.05, 3.63) is 64.2 Å². The lowest BCUT2D eigenvalue weighted by Crippen LogP contribution is -2.41. The molecule has 29 heavy (non-hydrogen) atoms. The second-order valence-corrected chi connectivity index (χ2v) is 8.81. The molecule has 1 aliphatic rings. The number of amides is 1. The van der Waals surface area contributed by atoms with Crippen molar-refractivity contribution in [3.8, 4) is 0 Å². The molecule has 0 saturated carbocycles. The Morgan fingerprint density at radius 3 is 2.59 bits per heavy atom. The SMILES string of the molecule is CC(C(=O)OC(C)(C)C)c1ccc2c(c1)CC(F)CN2C(=O)c1cccc(Cl)c1. The fourth-order valence-corrected chi connectivity index (χ4v) is 3.59. The first kappa shape index (κ1) is 21.3. The van der Waals surface area contributed by atoms with Crippen molar-refractivity contribution in [1.29, 1.82) is 0 Å². The summed E-state index contributed by atoms with van der Waals surface area (Å²) in [4.78, 5) is 26.8. The molecule has 2 atom stereocenters. The number of nitrogens with zero attached hydrogens (tertiary/aromatic N) is 1. The second-order valence-electron chi connectivity index (χ2n) is 8.37. The van der Waals surface area contributed by atoms with Crippen LogP contribution in [-0.4, -0.2) is 30.2 Å². The number of halogens is 2. The Balaban J connectivity index is 1.90. The molecule has 1 amide bonds. The zero-order valence-electron chi connectivity index (χ0n) is 17.0. The van der Waals surface area contributed by atoms with E-state index < -0.39 is 17.7 Å². The summed E-state index contributed by atoms with van der Waals surface area (Å²) < 4.78 is 19.9. The number of hydrogen-bond acceptors (Lipinski definition) is 3. The number of carbonyl (C=O) groups excluding carboxylic acids is 2. The van der Waals surface area contributed by atoms with E-state index in [2.05, 4.69) is 0 Å². The van der Waals surface area contributed by atoms with Crippen molar-refractivity contribution in [1.82, 2.24) is 0 Å². The molecule has 0 saturated heterocycles. The molecule has 0 fully saturated rings. The maximum absolute atomic E-state index is 14.5. The van der Waals surface area contributed by atoms with Gasteiger partial charge in [-0.3, -0.25) is 9.59 Å². The first-order valence-corrected chi connectivity index (χ1v) is 10.00. The van der Waals surface area contributed by atoms with Gasteiger partial charge in [-0.25, -0.2) is 4.39 Å². The minimum absolute atomic E-state index is 0.0146. The number of carbonyl (C=O) groups is 2. The summed E-state index contributed by atoms with van der Waals surface area (Å²) in [6.07, 6.45) is -0.985. The molecule has 0 spiro atoms. The maximum atomic E-state index is 14.5. The van der Waals surface area contributed by atoms with Gasteiger partial charge < -0.3 is 9.64 Å². The zero-order valence-corrected chi connectivity index (χ0v) is 17.8. The van der Waals surface area contributed by atoms with Gasteiger partial charge in [0.1, 0.15) is 11.8 Å². The molecule has 2 unspecified atom stereocenters. The average Bonchev–Trinajstić information content (AvgIpc) is 2.64. The molecule has 0 radical (unpaired) electrons. The first-order chi connectivity index (χ1) is 13.5. The Hall–Kier alpha value is -2.40. The Morgan fingerprint density at radius 2 is 1.93 bits per heavy atom. The molecule has 154 valence electrons. The monoisotopic (exact) mass is 417 g/mol. The number of fused-ring (bicyclic) bond motifs is 1. The van der Waals surface area contributed by atoms with Crippen molar-refractivity contribution >= 4 is 29.2 Å².